The van der Waals surface area contributed by atoms with E-state index in [1.165, 1.54) is 23.3 Å². The van der Waals surface area contributed by atoms with Crippen molar-refractivity contribution in [3.05, 3.63) is 101 Å². The molecule has 4 aromatic rings. The van der Waals surface area contributed by atoms with Crippen LogP contribution in [0.4, 0.5) is 4.39 Å². The lowest BCUT2D eigenvalue weighted by Crippen LogP contribution is -2.20. The third-order valence-electron chi connectivity index (χ3n) is 6.21. The van der Waals surface area contributed by atoms with E-state index in [0.29, 0.717) is 18.6 Å². The van der Waals surface area contributed by atoms with Crippen molar-refractivity contribution in [1.82, 2.24) is 5.32 Å². The lowest BCUT2D eigenvalue weighted by Gasteiger charge is -2.13. The van der Waals surface area contributed by atoms with Gasteiger partial charge in [0.25, 0.3) is 0 Å². The second kappa shape index (κ2) is 13.8. The van der Waals surface area contributed by atoms with Crippen molar-refractivity contribution >= 4 is 29.1 Å². The molecule has 2 N–H and O–H groups in total. The van der Waals surface area contributed by atoms with Crippen LogP contribution in [0.3, 0.4) is 0 Å². The first-order valence-electron chi connectivity index (χ1n) is 12.5. The summed E-state index contributed by atoms with van der Waals surface area (Å²) in [6, 6.07) is 25.5. The minimum atomic E-state index is -0.886. The number of carboxylic acids is 1. The van der Waals surface area contributed by atoms with Crippen LogP contribution in [0.5, 0.6) is 5.75 Å². The first-order chi connectivity index (χ1) is 17.5. The number of hydrogen-bond acceptors (Lipinski definition) is 3. The SMILES string of the molecule is CCOc1cccc(CCNCCc2cc(-c3cc(F)cc(CCC(=O)O)c3)c3ccccc3c2)c1.Cl. The van der Waals surface area contributed by atoms with Gasteiger partial charge in [-0.25, -0.2) is 4.39 Å². The number of nitrogens with one attached hydrogen (secondary N) is 1. The maximum Gasteiger partial charge on any atom is 0.303 e. The van der Waals surface area contributed by atoms with Crippen molar-refractivity contribution in [3.63, 3.8) is 0 Å². The molecule has 0 atom stereocenters. The average Bonchev–Trinajstić information content (AvgIpc) is 2.87. The van der Waals surface area contributed by atoms with Crippen molar-refractivity contribution in [2.24, 2.45) is 0 Å². The number of fused-ring (bicyclic) bond motifs is 1. The maximum atomic E-state index is 14.5. The van der Waals surface area contributed by atoms with Gasteiger partial charge in [-0.2, -0.15) is 0 Å². The fourth-order valence-corrected chi connectivity index (χ4v) is 4.51. The maximum absolute atomic E-state index is 14.5. The Labute approximate surface area is 223 Å². The molecule has 0 fully saturated rings. The van der Waals surface area contributed by atoms with Gasteiger partial charge >= 0.3 is 5.97 Å². The molecule has 0 amide bonds. The number of aryl methyl sites for hydroxylation is 1. The standard InChI is InChI=1S/C31H32FNO3.ClH/c1-2-36-28-8-5-6-22(19-28)12-14-33-15-13-24-16-25-7-3-4-9-29(25)30(20-24)26-17-23(10-11-31(34)35)18-27(32)21-26;/h3-9,16-21,33H,2,10-15H2,1H3,(H,34,35);1H. The Balaban J connectivity index is 0.00000380. The summed E-state index contributed by atoms with van der Waals surface area (Å²) in [4.78, 5) is 11.0. The summed E-state index contributed by atoms with van der Waals surface area (Å²) in [5.41, 5.74) is 4.84. The highest BCUT2D eigenvalue weighted by Gasteiger charge is 2.10. The third kappa shape index (κ3) is 8.04. The van der Waals surface area contributed by atoms with Crippen LogP contribution < -0.4 is 10.1 Å². The molecule has 0 aliphatic heterocycles. The van der Waals surface area contributed by atoms with Crippen LogP contribution in [0.2, 0.25) is 0 Å². The summed E-state index contributed by atoms with van der Waals surface area (Å²) in [5, 5.41) is 14.7. The topological polar surface area (TPSA) is 58.6 Å². The van der Waals surface area contributed by atoms with E-state index in [1.54, 1.807) is 0 Å². The lowest BCUT2D eigenvalue weighted by atomic mass is 9.93. The van der Waals surface area contributed by atoms with Crippen LogP contribution in [-0.4, -0.2) is 30.8 Å². The van der Waals surface area contributed by atoms with Crippen molar-refractivity contribution in [1.29, 1.82) is 0 Å². The Bertz CT molecular complexity index is 1340. The van der Waals surface area contributed by atoms with Gasteiger partial charge in [0.2, 0.25) is 0 Å². The highest BCUT2D eigenvalue weighted by Crippen LogP contribution is 2.32. The van der Waals surface area contributed by atoms with Gasteiger partial charge in [0.1, 0.15) is 11.6 Å². The number of hydrogen-bond donors (Lipinski definition) is 2. The molecule has 0 aromatic heterocycles. The molecule has 4 aromatic carbocycles. The highest BCUT2D eigenvalue weighted by molar-refractivity contribution is 5.97. The summed E-state index contributed by atoms with van der Waals surface area (Å²) in [6.45, 7) is 4.34. The molecule has 4 rings (SSSR count). The van der Waals surface area contributed by atoms with Gasteiger partial charge in [-0.3, -0.25) is 4.79 Å². The second-order valence-corrected chi connectivity index (χ2v) is 8.94. The number of ether oxygens (including phenoxy) is 1. The quantitative estimate of drug-likeness (QED) is 0.200. The Morgan fingerprint density at radius 3 is 2.41 bits per heavy atom. The van der Waals surface area contributed by atoms with E-state index in [-0.39, 0.29) is 24.6 Å². The normalized spacial score (nSPS) is 10.8. The molecule has 0 aliphatic rings. The summed E-state index contributed by atoms with van der Waals surface area (Å²) in [5.74, 6) is -0.331. The zero-order valence-corrected chi connectivity index (χ0v) is 21.8. The summed E-state index contributed by atoms with van der Waals surface area (Å²) in [7, 11) is 0. The zero-order chi connectivity index (χ0) is 25.3. The number of halogens is 2. The molecule has 0 radical (unpaired) electrons. The van der Waals surface area contributed by atoms with Crippen LogP contribution in [0.25, 0.3) is 21.9 Å². The first-order valence-corrected chi connectivity index (χ1v) is 12.5. The van der Waals surface area contributed by atoms with E-state index < -0.39 is 5.97 Å². The van der Waals surface area contributed by atoms with Crippen molar-refractivity contribution in [3.8, 4) is 16.9 Å². The van der Waals surface area contributed by atoms with Crippen LogP contribution in [-0.2, 0) is 24.1 Å². The minimum Gasteiger partial charge on any atom is -0.494 e. The zero-order valence-electron chi connectivity index (χ0n) is 21.0. The van der Waals surface area contributed by atoms with Crippen LogP contribution in [0.15, 0.2) is 78.9 Å². The van der Waals surface area contributed by atoms with Crippen molar-refractivity contribution in [2.75, 3.05) is 19.7 Å². The molecule has 37 heavy (non-hydrogen) atoms. The Hall–Kier alpha value is -3.41. The molecule has 0 aliphatic carbocycles. The first kappa shape index (κ1) is 28.2. The van der Waals surface area contributed by atoms with Gasteiger partial charge in [-0.1, -0.05) is 54.6 Å². The molecular weight excluding hydrogens is 489 g/mol. The van der Waals surface area contributed by atoms with Crippen LogP contribution in [0.1, 0.15) is 30.0 Å². The average molecular weight is 522 g/mol. The van der Waals surface area contributed by atoms with Gasteiger partial charge in [-0.15, -0.1) is 12.4 Å². The molecule has 194 valence electrons. The molecule has 0 unspecified atom stereocenters. The third-order valence-corrected chi connectivity index (χ3v) is 6.21. The smallest absolute Gasteiger partial charge is 0.303 e. The van der Waals surface area contributed by atoms with E-state index in [0.717, 1.165) is 53.6 Å². The van der Waals surface area contributed by atoms with E-state index in [9.17, 15) is 9.18 Å². The number of rotatable bonds is 12. The number of carboxylic acid groups (broad SMARTS) is 1. The van der Waals surface area contributed by atoms with Gasteiger partial charge in [-0.05, 0) is 102 Å². The van der Waals surface area contributed by atoms with Crippen LogP contribution >= 0.6 is 12.4 Å². The number of aliphatic carboxylic acids is 1. The van der Waals surface area contributed by atoms with E-state index in [4.69, 9.17) is 9.84 Å². The highest BCUT2D eigenvalue weighted by atomic mass is 35.5. The Kier molecular flexibility index (Phi) is 10.5. The fraction of sp³-hybridized carbons (Fsp3) is 0.258. The molecular formula is C31H33ClFNO3. The molecule has 0 saturated heterocycles. The summed E-state index contributed by atoms with van der Waals surface area (Å²) in [6.07, 6.45) is 2.05. The van der Waals surface area contributed by atoms with Gasteiger partial charge < -0.3 is 15.2 Å². The number of carbonyl (C=O) groups is 1. The fourth-order valence-electron chi connectivity index (χ4n) is 4.51. The van der Waals surface area contributed by atoms with Crippen molar-refractivity contribution in [2.45, 2.75) is 32.6 Å². The minimum absolute atomic E-state index is 0. The molecule has 6 heteroatoms. The molecule has 4 nitrogen and oxygen atoms in total. The van der Waals surface area contributed by atoms with Crippen molar-refractivity contribution < 1.29 is 19.0 Å². The second-order valence-electron chi connectivity index (χ2n) is 8.94. The van der Waals surface area contributed by atoms with Crippen LogP contribution in [0, 0.1) is 5.82 Å². The monoisotopic (exact) mass is 521 g/mol. The van der Waals surface area contributed by atoms with E-state index in [1.807, 2.05) is 43.3 Å². The van der Waals surface area contributed by atoms with Gasteiger partial charge in [0, 0.05) is 6.42 Å². The lowest BCUT2D eigenvalue weighted by molar-refractivity contribution is -0.136. The largest absolute Gasteiger partial charge is 0.494 e. The van der Waals surface area contributed by atoms with E-state index >= 15 is 0 Å². The molecule has 0 heterocycles. The predicted octanol–water partition coefficient (Wildman–Crippen LogP) is 6.86. The number of benzene rings is 4. The molecule has 0 bridgehead atoms. The Morgan fingerprint density at radius 1 is 0.865 bits per heavy atom. The van der Waals surface area contributed by atoms with E-state index in [2.05, 4.69) is 35.6 Å². The summed E-state index contributed by atoms with van der Waals surface area (Å²) < 4.78 is 20.1. The van der Waals surface area contributed by atoms with Gasteiger partial charge in [0.15, 0.2) is 0 Å². The summed E-state index contributed by atoms with van der Waals surface area (Å²) >= 11 is 0. The predicted molar refractivity (Wildman–Crippen MR) is 150 cm³/mol. The molecule has 0 saturated carbocycles. The molecule has 0 spiro atoms. The van der Waals surface area contributed by atoms with Gasteiger partial charge in [0.05, 0.1) is 6.61 Å². The Morgan fingerprint density at radius 2 is 1.62 bits per heavy atom.